The lowest BCUT2D eigenvalue weighted by Crippen LogP contribution is -2.54. The number of carbonyl (C=O) groups is 2. The van der Waals surface area contributed by atoms with Crippen LogP contribution in [0.15, 0.2) is 90.0 Å². The molecule has 1 aliphatic rings. The molecular formula is C25H23N5O3. The summed E-state index contributed by atoms with van der Waals surface area (Å²) < 4.78 is 5.11. The predicted octanol–water partition coefficient (Wildman–Crippen LogP) is 3.20. The maximum absolute atomic E-state index is 12.7. The van der Waals surface area contributed by atoms with Gasteiger partial charge in [0.05, 0.1) is 24.7 Å². The molecule has 0 atom stereocenters. The summed E-state index contributed by atoms with van der Waals surface area (Å²) in [6.45, 7) is -0.232. The van der Waals surface area contributed by atoms with Crippen LogP contribution in [0.1, 0.15) is 16.7 Å². The van der Waals surface area contributed by atoms with E-state index in [0.29, 0.717) is 11.4 Å². The topological polar surface area (TPSA) is 95.1 Å². The van der Waals surface area contributed by atoms with Crippen LogP contribution in [0.5, 0.6) is 5.75 Å². The molecule has 1 aliphatic heterocycles. The highest BCUT2D eigenvalue weighted by Gasteiger charge is 2.27. The molecule has 0 spiro atoms. The molecule has 3 N–H and O–H groups in total. The minimum absolute atomic E-state index is 0.232. The third-order valence-electron chi connectivity index (χ3n) is 4.92. The van der Waals surface area contributed by atoms with Gasteiger partial charge in [0.25, 0.3) is 5.91 Å². The van der Waals surface area contributed by atoms with E-state index in [1.165, 1.54) is 11.2 Å². The number of methoxy groups -OCH3 is 1. The van der Waals surface area contributed by atoms with Gasteiger partial charge in [-0.15, -0.1) is 0 Å². The largest absolute Gasteiger partial charge is 0.497 e. The minimum atomic E-state index is -0.446. The Morgan fingerprint density at radius 1 is 0.939 bits per heavy atom. The van der Waals surface area contributed by atoms with Crippen molar-refractivity contribution in [3.05, 3.63) is 102 Å². The Morgan fingerprint density at radius 3 is 2.15 bits per heavy atom. The van der Waals surface area contributed by atoms with Gasteiger partial charge in [0, 0.05) is 11.1 Å². The first-order chi connectivity index (χ1) is 16.1. The number of benzene rings is 3. The van der Waals surface area contributed by atoms with Crippen LogP contribution in [0.25, 0.3) is 11.4 Å². The van der Waals surface area contributed by atoms with Crippen LogP contribution in [0.2, 0.25) is 0 Å². The van der Waals surface area contributed by atoms with E-state index in [4.69, 9.17) is 4.74 Å². The molecule has 33 heavy (non-hydrogen) atoms. The van der Waals surface area contributed by atoms with Gasteiger partial charge in [-0.25, -0.2) is 15.2 Å². The molecule has 3 aromatic carbocycles. The number of hydrazine groups is 1. The molecule has 0 aromatic heterocycles. The average Bonchev–Trinajstić information content (AvgIpc) is 2.86. The third kappa shape index (κ3) is 5.37. The van der Waals surface area contributed by atoms with E-state index in [9.17, 15) is 9.59 Å². The first kappa shape index (κ1) is 21.6. The van der Waals surface area contributed by atoms with Crippen molar-refractivity contribution < 1.29 is 14.3 Å². The fourth-order valence-electron chi connectivity index (χ4n) is 3.27. The zero-order valence-electron chi connectivity index (χ0n) is 18.0. The Labute approximate surface area is 191 Å². The molecule has 0 fully saturated rings. The highest BCUT2D eigenvalue weighted by Crippen LogP contribution is 2.25. The van der Waals surface area contributed by atoms with Crippen molar-refractivity contribution in [1.29, 1.82) is 0 Å². The molecule has 0 saturated carbocycles. The number of urea groups is 1. The summed E-state index contributed by atoms with van der Waals surface area (Å²) in [6.07, 6.45) is 1.52. The van der Waals surface area contributed by atoms with Crippen molar-refractivity contribution in [1.82, 2.24) is 21.2 Å². The van der Waals surface area contributed by atoms with Gasteiger partial charge in [-0.3, -0.25) is 10.2 Å². The van der Waals surface area contributed by atoms with Crippen LogP contribution >= 0.6 is 0 Å². The summed E-state index contributed by atoms with van der Waals surface area (Å²) in [7, 11) is 1.59. The van der Waals surface area contributed by atoms with E-state index < -0.39 is 11.9 Å². The predicted molar refractivity (Wildman–Crippen MR) is 127 cm³/mol. The van der Waals surface area contributed by atoms with Gasteiger partial charge in [-0.1, -0.05) is 60.7 Å². The van der Waals surface area contributed by atoms with E-state index >= 15 is 0 Å². The number of hydrogen-bond donors (Lipinski definition) is 3. The van der Waals surface area contributed by atoms with Gasteiger partial charge in [-0.05, 0) is 29.8 Å². The summed E-state index contributed by atoms with van der Waals surface area (Å²) in [5, 5.41) is 8.08. The van der Waals surface area contributed by atoms with Gasteiger partial charge in [-0.2, -0.15) is 5.10 Å². The quantitative estimate of drug-likeness (QED) is 0.388. The fourth-order valence-corrected chi connectivity index (χ4v) is 3.27. The zero-order valence-corrected chi connectivity index (χ0v) is 18.0. The minimum Gasteiger partial charge on any atom is -0.497 e. The van der Waals surface area contributed by atoms with Crippen molar-refractivity contribution in [2.24, 2.45) is 5.10 Å². The molecule has 0 unspecified atom stereocenters. The zero-order chi connectivity index (χ0) is 23.0. The number of amides is 3. The fraction of sp³-hybridized carbons (Fsp3) is 0.0800. The lowest BCUT2D eigenvalue weighted by molar-refractivity contribution is -0.122. The smallest absolute Gasteiger partial charge is 0.341 e. The monoisotopic (exact) mass is 441 g/mol. The van der Waals surface area contributed by atoms with Crippen LogP contribution < -0.4 is 20.9 Å². The first-order valence-electron chi connectivity index (χ1n) is 10.3. The van der Waals surface area contributed by atoms with Crippen molar-refractivity contribution in [2.45, 2.75) is 0 Å². The molecule has 0 saturated heterocycles. The highest BCUT2D eigenvalue weighted by atomic mass is 16.5. The molecule has 1 heterocycles. The van der Waals surface area contributed by atoms with Gasteiger partial charge >= 0.3 is 6.03 Å². The third-order valence-corrected chi connectivity index (χ3v) is 4.92. The van der Waals surface area contributed by atoms with Crippen LogP contribution in [0.3, 0.4) is 0 Å². The number of ether oxygens (including phenoxy) is 1. The van der Waals surface area contributed by atoms with E-state index in [-0.39, 0.29) is 6.54 Å². The number of carbonyl (C=O) groups excluding carboxylic acids is 2. The Morgan fingerprint density at radius 2 is 1.55 bits per heavy atom. The summed E-state index contributed by atoms with van der Waals surface area (Å²) >= 11 is 0. The molecule has 3 amide bonds. The molecular weight excluding hydrogens is 418 g/mol. The van der Waals surface area contributed by atoms with Crippen LogP contribution in [0.4, 0.5) is 4.79 Å². The molecule has 3 aromatic rings. The number of hydrogen-bond acceptors (Lipinski definition) is 5. The Bertz CT molecular complexity index is 1180. The summed E-state index contributed by atoms with van der Waals surface area (Å²) in [5.74, 6) is 0.286. The summed E-state index contributed by atoms with van der Waals surface area (Å²) in [5.41, 5.74) is 9.40. The van der Waals surface area contributed by atoms with Crippen LogP contribution in [0, 0.1) is 0 Å². The molecule has 8 nitrogen and oxygen atoms in total. The van der Waals surface area contributed by atoms with Crippen molar-refractivity contribution in [3.63, 3.8) is 0 Å². The van der Waals surface area contributed by atoms with Crippen molar-refractivity contribution in [3.8, 4) is 5.75 Å². The number of nitrogens with one attached hydrogen (secondary N) is 3. The second-order valence-corrected chi connectivity index (χ2v) is 7.18. The van der Waals surface area contributed by atoms with Gasteiger partial charge in [0.15, 0.2) is 0 Å². The number of hydrazone groups is 1. The normalized spacial score (nSPS) is 13.5. The lowest BCUT2D eigenvalue weighted by atomic mass is 10.0. The van der Waals surface area contributed by atoms with E-state index in [0.717, 1.165) is 22.4 Å². The molecule has 0 bridgehead atoms. The van der Waals surface area contributed by atoms with Crippen LogP contribution in [-0.2, 0) is 4.79 Å². The molecule has 166 valence electrons. The second kappa shape index (κ2) is 10.1. The van der Waals surface area contributed by atoms with Crippen molar-refractivity contribution >= 4 is 29.5 Å². The van der Waals surface area contributed by atoms with Gasteiger partial charge in [0.1, 0.15) is 12.3 Å². The van der Waals surface area contributed by atoms with E-state index in [1.807, 2.05) is 72.8 Å². The average molecular weight is 441 g/mol. The maximum Gasteiger partial charge on any atom is 0.341 e. The maximum atomic E-state index is 12.7. The van der Waals surface area contributed by atoms with E-state index in [1.54, 1.807) is 19.2 Å². The lowest BCUT2D eigenvalue weighted by Gasteiger charge is -2.32. The Hall–Kier alpha value is -4.59. The summed E-state index contributed by atoms with van der Waals surface area (Å²) in [6, 6.07) is 25.9. The highest BCUT2D eigenvalue weighted by molar-refractivity contribution is 6.00. The second-order valence-electron chi connectivity index (χ2n) is 7.18. The van der Waals surface area contributed by atoms with Gasteiger partial charge < -0.3 is 10.1 Å². The Balaban J connectivity index is 1.47. The molecule has 0 radical (unpaired) electrons. The number of nitrogens with zero attached hydrogens (tertiary/aromatic N) is 2. The SMILES string of the molecule is COc1ccc(/C=N\NC(=O)CN2NC(c3ccccc3)=C(c3ccccc3)NC2=O)cc1. The summed E-state index contributed by atoms with van der Waals surface area (Å²) in [4.78, 5) is 25.2. The molecule has 0 aliphatic carbocycles. The molecule has 4 rings (SSSR count). The number of rotatable bonds is 7. The van der Waals surface area contributed by atoms with Gasteiger partial charge in [0.2, 0.25) is 0 Å². The van der Waals surface area contributed by atoms with E-state index in [2.05, 4.69) is 21.3 Å². The van der Waals surface area contributed by atoms with Crippen molar-refractivity contribution in [2.75, 3.05) is 13.7 Å². The molecule has 8 heteroatoms. The standard InChI is InChI=1S/C25H23N5O3/c1-33-21-14-12-18(13-15-21)16-26-28-22(31)17-30-25(32)27-23(19-8-4-2-5-9-19)24(29-30)20-10-6-3-7-11-20/h2-16,29H,17H2,1H3,(H,27,32)(H,28,31)/b26-16-. The Kier molecular flexibility index (Phi) is 6.65. The van der Waals surface area contributed by atoms with Crippen LogP contribution in [-0.4, -0.2) is 36.8 Å². The first-order valence-corrected chi connectivity index (χ1v) is 10.3.